The van der Waals surface area contributed by atoms with Gasteiger partial charge in [0.2, 0.25) is 5.91 Å². The van der Waals surface area contributed by atoms with Crippen molar-refractivity contribution in [1.29, 1.82) is 0 Å². The standard InChI is InChI=1S/C29H38N4O4/c1-6-9-26(34)32-14-12-21(13-15-32)19(3)33-20(4)27(22-10-7-8-11-24(22)33)29(36)30-17-23-25(37-5)16-18(2)31-28(23)35/h7-8,10-11,16,19,21H,6,9,12-15,17H2,1-5H3,(H,30,36)(H,31,35)/t19-/m1/s1. The molecule has 0 bridgehead atoms. The van der Waals surface area contributed by atoms with Crippen LogP contribution in [0.1, 0.15) is 72.9 Å². The zero-order valence-electron chi connectivity index (χ0n) is 22.5. The number of hydrogen-bond donors (Lipinski definition) is 2. The topological polar surface area (TPSA) is 96.4 Å². The van der Waals surface area contributed by atoms with Crippen molar-refractivity contribution in [3.05, 3.63) is 63.2 Å². The van der Waals surface area contributed by atoms with Crippen LogP contribution in [0.4, 0.5) is 0 Å². The van der Waals surface area contributed by atoms with Gasteiger partial charge in [-0.2, -0.15) is 0 Å². The molecule has 3 aromatic rings. The van der Waals surface area contributed by atoms with Gasteiger partial charge in [-0.1, -0.05) is 25.1 Å². The maximum atomic E-state index is 13.5. The predicted molar refractivity (Wildman–Crippen MR) is 145 cm³/mol. The summed E-state index contributed by atoms with van der Waals surface area (Å²) in [5, 5.41) is 3.84. The lowest BCUT2D eigenvalue weighted by Crippen LogP contribution is -2.40. The van der Waals surface area contributed by atoms with Crippen LogP contribution in [-0.2, 0) is 11.3 Å². The number of ether oxygens (including phenoxy) is 1. The zero-order valence-corrected chi connectivity index (χ0v) is 22.5. The van der Waals surface area contributed by atoms with Crippen molar-refractivity contribution in [3.8, 4) is 5.75 Å². The number of aromatic amines is 1. The van der Waals surface area contributed by atoms with Crippen molar-refractivity contribution in [1.82, 2.24) is 19.8 Å². The van der Waals surface area contributed by atoms with Gasteiger partial charge in [-0.15, -0.1) is 0 Å². The molecule has 1 aliphatic rings. The van der Waals surface area contributed by atoms with E-state index in [1.807, 2.05) is 36.9 Å². The largest absolute Gasteiger partial charge is 0.496 e. The Kier molecular flexibility index (Phi) is 8.05. The number of pyridine rings is 1. The monoisotopic (exact) mass is 506 g/mol. The minimum Gasteiger partial charge on any atom is -0.496 e. The molecule has 1 saturated heterocycles. The number of rotatable bonds is 8. The molecule has 2 aromatic heterocycles. The third kappa shape index (κ3) is 5.29. The van der Waals surface area contributed by atoms with Gasteiger partial charge in [-0.25, -0.2) is 0 Å². The van der Waals surface area contributed by atoms with Crippen LogP contribution < -0.4 is 15.6 Å². The van der Waals surface area contributed by atoms with E-state index in [4.69, 9.17) is 4.74 Å². The summed E-state index contributed by atoms with van der Waals surface area (Å²) in [6, 6.07) is 9.90. The molecule has 4 rings (SSSR count). The number of likely N-dealkylation sites (tertiary alicyclic amines) is 1. The van der Waals surface area contributed by atoms with Gasteiger partial charge in [0.15, 0.2) is 0 Å². The van der Waals surface area contributed by atoms with Crippen molar-refractivity contribution in [2.75, 3.05) is 20.2 Å². The van der Waals surface area contributed by atoms with Gasteiger partial charge in [0, 0.05) is 47.8 Å². The second kappa shape index (κ2) is 11.2. The number of fused-ring (bicyclic) bond motifs is 1. The summed E-state index contributed by atoms with van der Waals surface area (Å²) in [7, 11) is 1.52. The molecule has 8 heteroatoms. The number of carbonyl (C=O) groups excluding carboxylic acids is 2. The van der Waals surface area contributed by atoms with Crippen molar-refractivity contribution in [2.24, 2.45) is 5.92 Å². The predicted octanol–water partition coefficient (Wildman–Crippen LogP) is 4.48. The highest BCUT2D eigenvalue weighted by atomic mass is 16.5. The highest BCUT2D eigenvalue weighted by molar-refractivity contribution is 6.08. The van der Waals surface area contributed by atoms with E-state index in [1.165, 1.54) is 7.11 Å². The number of nitrogens with one attached hydrogen (secondary N) is 2. The summed E-state index contributed by atoms with van der Waals surface area (Å²) < 4.78 is 7.65. The van der Waals surface area contributed by atoms with E-state index in [0.717, 1.165) is 48.9 Å². The van der Waals surface area contributed by atoms with E-state index in [2.05, 4.69) is 27.9 Å². The number of piperidine rings is 1. The van der Waals surface area contributed by atoms with Crippen LogP contribution in [0.15, 0.2) is 35.1 Å². The van der Waals surface area contributed by atoms with E-state index in [0.29, 0.717) is 34.9 Å². The van der Waals surface area contributed by atoms with Gasteiger partial charge in [-0.05, 0) is 58.1 Å². The summed E-state index contributed by atoms with van der Waals surface area (Å²) in [5.74, 6) is 0.894. The van der Waals surface area contributed by atoms with Gasteiger partial charge < -0.3 is 24.5 Å². The number of para-hydroxylation sites is 1. The number of amides is 2. The molecule has 0 aliphatic carbocycles. The number of aryl methyl sites for hydroxylation is 1. The maximum Gasteiger partial charge on any atom is 0.256 e. The van der Waals surface area contributed by atoms with E-state index in [-0.39, 0.29) is 30.0 Å². The van der Waals surface area contributed by atoms with Crippen molar-refractivity contribution >= 4 is 22.7 Å². The smallest absolute Gasteiger partial charge is 0.256 e. The molecule has 198 valence electrons. The Hall–Kier alpha value is -3.55. The molecule has 0 radical (unpaired) electrons. The molecule has 0 saturated carbocycles. The molecule has 2 N–H and O–H groups in total. The average molecular weight is 507 g/mol. The number of aromatic nitrogens is 2. The fourth-order valence-electron chi connectivity index (χ4n) is 5.71. The molecule has 0 unspecified atom stereocenters. The van der Waals surface area contributed by atoms with Gasteiger partial charge in [0.1, 0.15) is 5.75 Å². The Morgan fingerprint density at radius 3 is 2.57 bits per heavy atom. The van der Waals surface area contributed by atoms with Crippen LogP contribution in [0.25, 0.3) is 10.9 Å². The molecule has 1 atom stereocenters. The van der Waals surface area contributed by atoms with E-state index in [9.17, 15) is 14.4 Å². The van der Waals surface area contributed by atoms with Gasteiger partial charge >= 0.3 is 0 Å². The fraction of sp³-hybridized carbons (Fsp3) is 0.483. The van der Waals surface area contributed by atoms with Crippen molar-refractivity contribution < 1.29 is 14.3 Å². The van der Waals surface area contributed by atoms with Crippen LogP contribution >= 0.6 is 0 Å². The quantitative estimate of drug-likeness (QED) is 0.471. The van der Waals surface area contributed by atoms with E-state index in [1.54, 1.807) is 13.0 Å². The van der Waals surface area contributed by atoms with Gasteiger partial charge in [0.05, 0.1) is 24.8 Å². The van der Waals surface area contributed by atoms with Crippen LogP contribution in [0.2, 0.25) is 0 Å². The summed E-state index contributed by atoms with van der Waals surface area (Å²) >= 11 is 0. The number of carbonyl (C=O) groups is 2. The Bertz CT molecular complexity index is 1350. The van der Waals surface area contributed by atoms with Crippen LogP contribution in [0, 0.1) is 19.8 Å². The van der Waals surface area contributed by atoms with Gasteiger partial charge in [0.25, 0.3) is 11.5 Å². The molecular formula is C29H38N4O4. The molecule has 0 spiro atoms. The Labute approximate surface area is 218 Å². The molecule has 37 heavy (non-hydrogen) atoms. The first-order chi connectivity index (χ1) is 17.8. The first-order valence-electron chi connectivity index (χ1n) is 13.2. The molecule has 1 aliphatic heterocycles. The lowest BCUT2D eigenvalue weighted by atomic mass is 9.89. The second-order valence-corrected chi connectivity index (χ2v) is 10.1. The van der Waals surface area contributed by atoms with Crippen molar-refractivity contribution in [2.45, 2.75) is 66.0 Å². The first kappa shape index (κ1) is 26.5. The normalized spacial score (nSPS) is 15.1. The maximum absolute atomic E-state index is 13.5. The Morgan fingerprint density at radius 2 is 1.89 bits per heavy atom. The molecule has 2 amide bonds. The minimum absolute atomic E-state index is 0.0658. The van der Waals surface area contributed by atoms with Crippen LogP contribution in [0.5, 0.6) is 5.75 Å². The molecular weight excluding hydrogens is 468 g/mol. The molecule has 1 fully saturated rings. The van der Waals surface area contributed by atoms with E-state index >= 15 is 0 Å². The summed E-state index contributed by atoms with van der Waals surface area (Å²) in [6.07, 6.45) is 3.38. The third-order valence-corrected chi connectivity index (χ3v) is 7.70. The molecule has 1 aromatic carbocycles. The number of methoxy groups -OCH3 is 1. The lowest BCUT2D eigenvalue weighted by Gasteiger charge is -2.36. The highest BCUT2D eigenvalue weighted by Crippen LogP contribution is 2.36. The lowest BCUT2D eigenvalue weighted by molar-refractivity contribution is -0.132. The van der Waals surface area contributed by atoms with Crippen molar-refractivity contribution in [3.63, 3.8) is 0 Å². The number of nitrogens with zero attached hydrogens (tertiary/aromatic N) is 2. The fourth-order valence-corrected chi connectivity index (χ4v) is 5.71. The second-order valence-electron chi connectivity index (χ2n) is 10.1. The van der Waals surface area contributed by atoms with E-state index < -0.39 is 0 Å². The Balaban J connectivity index is 1.58. The Morgan fingerprint density at radius 1 is 1.19 bits per heavy atom. The van der Waals surface area contributed by atoms with Crippen LogP contribution in [0.3, 0.4) is 0 Å². The number of benzene rings is 1. The minimum atomic E-state index is -0.270. The average Bonchev–Trinajstić information content (AvgIpc) is 3.19. The van der Waals surface area contributed by atoms with Crippen LogP contribution in [-0.4, -0.2) is 46.5 Å². The molecule has 3 heterocycles. The molecule has 8 nitrogen and oxygen atoms in total. The summed E-state index contributed by atoms with van der Waals surface area (Å²) in [6.45, 7) is 9.67. The first-order valence-corrected chi connectivity index (χ1v) is 13.2. The number of hydrogen-bond acceptors (Lipinski definition) is 4. The summed E-state index contributed by atoms with van der Waals surface area (Å²) in [5.41, 5.74) is 3.37. The zero-order chi connectivity index (χ0) is 26.7. The number of H-pyrrole nitrogens is 1. The summed E-state index contributed by atoms with van der Waals surface area (Å²) in [4.78, 5) is 43.1. The third-order valence-electron chi connectivity index (χ3n) is 7.70. The van der Waals surface area contributed by atoms with Gasteiger partial charge in [-0.3, -0.25) is 14.4 Å². The highest BCUT2D eigenvalue weighted by Gasteiger charge is 2.30. The SMILES string of the molecule is CCCC(=O)N1CCC([C@@H](C)n2c(C)c(C(=O)NCc3c(OC)cc(C)[nH]c3=O)c3ccccc32)CC1.